The zero-order valence-electron chi connectivity index (χ0n) is 17.9. The largest absolute Gasteiger partial charge is 0.423 e. The van der Waals surface area contributed by atoms with Crippen molar-refractivity contribution in [3.8, 4) is 5.75 Å². The SMILES string of the molecule is CC1=CC2C(C(=O)Oc3c(C(C)C)cccc3C(C)C)=CC1CC2C(C)C. The van der Waals surface area contributed by atoms with Crippen LogP contribution in [-0.2, 0) is 4.79 Å². The van der Waals surface area contributed by atoms with Crippen LogP contribution in [0.15, 0.2) is 41.5 Å². The van der Waals surface area contributed by atoms with Crippen molar-refractivity contribution in [2.45, 2.75) is 66.7 Å². The zero-order valence-corrected chi connectivity index (χ0v) is 17.9. The van der Waals surface area contributed by atoms with E-state index >= 15 is 0 Å². The summed E-state index contributed by atoms with van der Waals surface area (Å²) < 4.78 is 6.12. The number of fused-ring (bicyclic) bond motifs is 1. The molecule has 146 valence electrons. The minimum atomic E-state index is -0.158. The number of carbonyl (C=O) groups is 1. The second kappa shape index (κ2) is 7.66. The zero-order chi connectivity index (χ0) is 19.9. The van der Waals surface area contributed by atoms with Gasteiger partial charge in [-0.25, -0.2) is 4.79 Å². The van der Waals surface area contributed by atoms with Gasteiger partial charge < -0.3 is 4.74 Å². The molecule has 0 radical (unpaired) electrons. The molecule has 4 rings (SSSR count). The van der Waals surface area contributed by atoms with Crippen molar-refractivity contribution in [3.05, 3.63) is 52.6 Å². The predicted molar refractivity (Wildman–Crippen MR) is 112 cm³/mol. The van der Waals surface area contributed by atoms with E-state index < -0.39 is 0 Å². The third-order valence-corrected chi connectivity index (χ3v) is 6.36. The fourth-order valence-corrected chi connectivity index (χ4v) is 4.65. The molecule has 0 fully saturated rings. The Hall–Kier alpha value is -1.83. The van der Waals surface area contributed by atoms with E-state index in [9.17, 15) is 4.79 Å². The van der Waals surface area contributed by atoms with Gasteiger partial charge in [0.1, 0.15) is 5.75 Å². The van der Waals surface area contributed by atoms with Crippen LogP contribution in [0.25, 0.3) is 0 Å². The molecule has 3 aliphatic rings. The lowest BCUT2D eigenvalue weighted by Gasteiger charge is -2.41. The van der Waals surface area contributed by atoms with Crippen LogP contribution < -0.4 is 4.74 Å². The molecule has 0 amide bonds. The highest BCUT2D eigenvalue weighted by Gasteiger charge is 2.40. The Morgan fingerprint density at radius 3 is 2.07 bits per heavy atom. The topological polar surface area (TPSA) is 26.3 Å². The van der Waals surface area contributed by atoms with E-state index in [2.05, 4.69) is 78.8 Å². The molecule has 2 heteroatoms. The van der Waals surface area contributed by atoms with E-state index in [1.165, 1.54) is 5.57 Å². The van der Waals surface area contributed by atoms with Crippen LogP contribution in [0.4, 0.5) is 0 Å². The molecule has 1 aromatic carbocycles. The number of ether oxygens (including phenoxy) is 1. The number of para-hydroxylation sites is 1. The van der Waals surface area contributed by atoms with E-state index in [1.54, 1.807) is 0 Å². The van der Waals surface area contributed by atoms with E-state index in [-0.39, 0.29) is 11.9 Å². The maximum Gasteiger partial charge on any atom is 0.339 e. The average molecular weight is 367 g/mol. The molecule has 2 bridgehead atoms. The molecular formula is C25H34O2. The highest BCUT2D eigenvalue weighted by molar-refractivity contribution is 5.92. The first-order valence-corrected chi connectivity index (χ1v) is 10.5. The monoisotopic (exact) mass is 366 g/mol. The molecule has 0 saturated heterocycles. The molecular weight excluding hydrogens is 332 g/mol. The van der Waals surface area contributed by atoms with Crippen molar-refractivity contribution in [1.82, 2.24) is 0 Å². The van der Waals surface area contributed by atoms with Gasteiger partial charge >= 0.3 is 5.97 Å². The van der Waals surface area contributed by atoms with E-state index in [0.717, 1.165) is 28.9 Å². The van der Waals surface area contributed by atoms with Crippen molar-refractivity contribution in [2.24, 2.45) is 23.7 Å². The number of rotatable bonds is 5. The van der Waals surface area contributed by atoms with Gasteiger partial charge in [-0.1, -0.05) is 77.5 Å². The third-order valence-electron chi connectivity index (χ3n) is 6.36. The number of esters is 1. The summed E-state index contributed by atoms with van der Waals surface area (Å²) in [5, 5.41) is 0. The predicted octanol–water partition coefficient (Wildman–Crippen LogP) is 6.63. The van der Waals surface area contributed by atoms with E-state index in [1.807, 2.05) is 0 Å². The summed E-state index contributed by atoms with van der Waals surface area (Å²) in [5.41, 5.74) is 4.49. The van der Waals surface area contributed by atoms with Crippen molar-refractivity contribution >= 4 is 5.97 Å². The molecule has 0 saturated carbocycles. The van der Waals surface area contributed by atoms with Crippen LogP contribution in [-0.4, -0.2) is 5.97 Å². The van der Waals surface area contributed by atoms with Crippen LogP contribution in [0.1, 0.15) is 77.8 Å². The van der Waals surface area contributed by atoms with Gasteiger partial charge in [-0.2, -0.15) is 0 Å². The Morgan fingerprint density at radius 2 is 1.59 bits per heavy atom. The van der Waals surface area contributed by atoms with Crippen LogP contribution >= 0.6 is 0 Å². The molecule has 1 aromatic rings. The molecule has 0 spiro atoms. The second-order valence-electron chi connectivity index (χ2n) is 9.27. The maximum absolute atomic E-state index is 13.3. The molecule has 0 heterocycles. The lowest BCUT2D eigenvalue weighted by Crippen LogP contribution is -2.36. The van der Waals surface area contributed by atoms with E-state index in [4.69, 9.17) is 4.74 Å². The molecule has 3 aliphatic carbocycles. The van der Waals surface area contributed by atoms with Gasteiger partial charge in [0.25, 0.3) is 0 Å². The first-order chi connectivity index (χ1) is 12.7. The molecule has 3 unspecified atom stereocenters. The third kappa shape index (κ3) is 3.77. The van der Waals surface area contributed by atoms with Gasteiger partial charge in [0.15, 0.2) is 0 Å². The average Bonchev–Trinajstić information content (AvgIpc) is 2.61. The molecule has 0 aliphatic heterocycles. The first-order valence-electron chi connectivity index (χ1n) is 10.5. The van der Waals surface area contributed by atoms with Crippen LogP contribution in [0.3, 0.4) is 0 Å². The minimum absolute atomic E-state index is 0.158. The van der Waals surface area contributed by atoms with Crippen molar-refractivity contribution in [2.75, 3.05) is 0 Å². The van der Waals surface area contributed by atoms with Crippen molar-refractivity contribution in [3.63, 3.8) is 0 Å². The summed E-state index contributed by atoms with van der Waals surface area (Å²) >= 11 is 0. The molecule has 27 heavy (non-hydrogen) atoms. The Morgan fingerprint density at radius 1 is 1.00 bits per heavy atom. The van der Waals surface area contributed by atoms with Gasteiger partial charge in [-0.15, -0.1) is 0 Å². The number of hydrogen-bond donors (Lipinski definition) is 0. The lowest BCUT2D eigenvalue weighted by molar-refractivity contribution is -0.131. The highest BCUT2D eigenvalue weighted by Crippen LogP contribution is 2.47. The Kier molecular flexibility index (Phi) is 5.65. The molecule has 2 nitrogen and oxygen atoms in total. The van der Waals surface area contributed by atoms with Crippen molar-refractivity contribution in [1.29, 1.82) is 0 Å². The summed E-state index contributed by atoms with van der Waals surface area (Å²) in [6.07, 6.45) is 5.64. The van der Waals surface area contributed by atoms with Crippen LogP contribution in [0.2, 0.25) is 0 Å². The molecule has 0 N–H and O–H groups in total. The number of benzene rings is 1. The first kappa shape index (κ1) is 19.9. The van der Waals surface area contributed by atoms with Gasteiger partial charge in [0, 0.05) is 11.5 Å². The van der Waals surface area contributed by atoms with Gasteiger partial charge in [0.05, 0.1) is 0 Å². The highest BCUT2D eigenvalue weighted by atomic mass is 16.5. The Balaban J connectivity index is 1.94. The fraction of sp³-hybridized carbons (Fsp3) is 0.560. The maximum atomic E-state index is 13.3. The minimum Gasteiger partial charge on any atom is -0.423 e. The Bertz CT molecular complexity index is 753. The summed E-state index contributed by atoms with van der Waals surface area (Å²) in [5.74, 6) is 2.91. The Labute approximate surface area is 164 Å². The fourth-order valence-electron chi connectivity index (χ4n) is 4.65. The van der Waals surface area contributed by atoms with Crippen LogP contribution in [0.5, 0.6) is 5.75 Å². The number of allylic oxidation sites excluding steroid dienone is 3. The number of carbonyl (C=O) groups excluding carboxylic acids is 1. The summed E-state index contributed by atoms with van der Waals surface area (Å²) in [6.45, 7) is 15.3. The van der Waals surface area contributed by atoms with Gasteiger partial charge in [-0.3, -0.25) is 0 Å². The van der Waals surface area contributed by atoms with E-state index in [0.29, 0.717) is 29.6 Å². The smallest absolute Gasteiger partial charge is 0.339 e. The van der Waals surface area contributed by atoms with Gasteiger partial charge in [-0.05, 0) is 54.1 Å². The standard InChI is InChI=1S/C25H34O2/c1-14(2)19-9-8-10-20(15(3)4)24(19)27-25(26)23-13-18-12-21(16(5)6)22(23)11-17(18)7/h8-11,13-16,18,21-22H,12H2,1-7H3. The molecule has 0 aromatic heterocycles. The van der Waals surface area contributed by atoms with Crippen LogP contribution in [0, 0.1) is 23.7 Å². The quantitative estimate of drug-likeness (QED) is 0.332. The number of hydrogen-bond acceptors (Lipinski definition) is 2. The lowest BCUT2D eigenvalue weighted by atomic mass is 9.63. The van der Waals surface area contributed by atoms with Gasteiger partial charge in [0.2, 0.25) is 0 Å². The summed E-state index contributed by atoms with van der Waals surface area (Å²) in [4.78, 5) is 13.3. The molecule has 3 atom stereocenters. The van der Waals surface area contributed by atoms with Crippen molar-refractivity contribution < 1.29 is 9.53 Å². The normalized spacial score (nSPS) is 24.4. The summed E-state index contributed by atoms with van der Waals surface area (Å²) in [6, 6.07) is 6.24. The second-order valence-corrected chi connectivity index (χ2v) is 9.27. The summed E-state index contributed by atoms with van der Waals surface area (Å²) in [7, 11) is 0.